The van der Waals surface area contributed by atoms with Gasteiger partial charge in [-0.3, -0.25) is 9.59 Å². The number of thioether (sulfide) groups is 1. The van der Waals surface area contributed by atoms with Gasteiger partial charge in [-0.05, 0) is 12.3 Å². The monoisotopic (exact) mass is 297 g/mol. The van der Waals surface area contributed by atoms with E-state index in [0.29, 0.717) is 25.1 Å². The van der Waals surface area contributed by atoms with E-state index in [2.05, 4.69) is 5.92 Å². The zero-order chi connectivity index (χ0) is 15.3. The molecule has 0 aromatic heterocycles. The molecule has 0 bridgehead atoms. The Bertz CT molecular complexity index is 443. The molecule has 1 heterocycles. The molecule has 3 atom stereocenters. The summed E-state index contributed by atoms with van der Waals surface area (Å²) in [5.74, 6) is 1.34. The fraction of sp³-hybridized carbons (Fsp3) is 0.643. The molecule has 20 heavy (non-hydrogen) atoms. The van der Waals surface area contributed by atoms with Crippen molar-refractivity contribution in [2.24, 2.45) is 11.8 Å². The predicted molar refractivity (Wildman–Crippen MR) is 77.0 cm³/mol. The van der Waals surface area contributed by atoms with Crippen molar-refractivity contribution in [2.75, 3.05) is 12.3 Å². The van der Waals surface area contributed by atoms with Crippen LogP contribution in [-0.4, -0.2) is 45.3 Å². The largest absolute Gasteiger partial charge is 0.480 e. The maximum atomic E-state index is 12.3. The molecule has 0 radical (unpaired) electrons. The number of carbonyl (C=O) groups is 3. The molecular formula is C14H19NO4S. The van der Waals surface area contributed by atoms with E-state index < -0.39 is 12.0 Å². The number of nitrogens with zero attached hydrogens (tertiary/aromatic N) is 1. The third-order valence-corrected chi connectivity index (χ3v) is 4.39. The first-order chi connectivity index (χ1) is 9.36. The maximum Gasteiger partial charge on any atom is 0.326 e. The third-order valence-electron chi connectivity index (χ3n) is 3.32. The second kappa shape index (κ2) is 7.34. The molecule has 1 aliphatic rings. The average Bonchev–Trinajstić information content (AvgIpc) is 2.79. The van der Waals surface area contributed by atoms with Gasteiger partial charge in [-0.15, -0.1) is 12.3 Å². The molecule has 5 nitrogen and oxygen atoms in total. The van der Waals surface area contributed by atoms with Crippen LogP contribution < -0.4 is 0 Å². The van der Waals surface area contributed by atoms with Crippen LogP contribution in [0.4, 0.5) is 0 Å². The highest BCUT2D eigenvalue weighted by Gasteiger charge is 2.40. The standard InChI is InChI=1S/C14H19NO4S/c1-4-5-11-6-12(14(18)19)15(7-11)13(17)9(2)8-20-10(3)16/h1,9,11-12H,5-8H2,2-3H3,(H,18,19)/t9?,11?,12-/m0/s1. The molecule has 1 rings (SSSR count). The van der Waals surface area contributed by atoms with Crippen LogP contribution >= 0.6 is 11.8 Å². The summed E-state index contributed by atoms with van der Waals surface area (Å²) in [5.41, 5.74) is 0. The highest BCUT2D eigenvalue weighted by molar-refractivity contribution is 8.13. The summed E-state index contributed by atoms with van der Waals surface area (Å²) >= 11 is 1.08. The number of carboxylic acid groups (broad SMARTS) is 1. The molecule has 0 aromatic carbocycles. The number of carbonyl (C=O) groups excluding carboxylic acids is 2. The van der Waals surface area contributed by atoms with Crippen molar-refractivity contribution < 1.29 is 19.5 Å². The van der Waals surface area contributed by atoms with Crippen molar-refractivity contribution >= 4 is 28.8 Å². The summed E-state index contributed by atoms with van der Waals surface area (Å²) in [4.78, 5) is 35.9. The van der Waals surface area contributed by atoms with Gasteiger partial charge in [-0.25, -0.2) is 4.79 Å². The predicted octanol–water partition coefficient (Wildman–Crippen LogP) is 1.23. The number of likely N-dealkylation sites (tertiary alicyclic amines) is 1. The molecule has 6 heteroatoms. The van der Waals surface area contributed by atoms with Crippen LogP contribution in [-0.2, 0) is 14.4 Å². The van der Waals surface area contributed by atoms with Gasteiger partial charge in [-0.2, -0.15) is 0 Å². The van der Waals surface area contributed by atoms with E-state index in [0.717, 1.165) is 11.8 Å². The van der Waals surface area contributed by atoms with Gasteiger partial charge < -0.3 is 10.0 Å². The minimum absolute atomic E-state index is 0.0395. The van der Waals surface area contributed by atoms with E-state index in [9.17, 15) is 19.5 Å². The molecule has 1 aliphatic heterocycles. The first-order valence-electron chi connectivity index (χ1n) is 6.46. The quantitative estimate of drug-likeness (QED) is 0.772. The Hall–Kier alpha value is -1.48. The molecule has 0 aliphatic carbocycles. The molecule has 2 unspecified atom stereocenters. The molecule has 1 amide bonds. The van der Waals surface area contributed by atoms with Gasteiger partial charge in [0.25, 0.3) is 0 Å². The van der Waals surface area contributed by atoms with Crippen LogP contribution in [0.2, 0.25) is 0 Å². The summed E-state index contributed by atoms with van der Waals surface area (Å²) < 4.78 is 0. The van der Waals surface area contributed by atoms with Crippen molar-refractivity contribution in [3.8, 4) is 12.3 Å². The highest BCUT2D eigenvalue weighted by Crippen LogP contribution is 2.28. The normalized spacial score (nSPS) is 23.1. The summed E-state index contributed by atoms with van der Waals surface area (Å²) in [6.07, 6.45) is 6.13. The van der Waals surface area contributed by atoms with E-state index >= 15 is 0 Å². The van der Waals surface area contributed by atoms with Crippen LogP contribution in [0.1, 0.15) is 26.7 Å². The van der Waals surface area contributed by atoms with Gasteiger partial charge in [0.2, 0.25) is 5.91 Å². The molecule has 110 valence electrons. The number of carboxylic acids is 1. The van der Waals surface area contributed by atoms with Crippen molar-refractivity contribution in [2.45, 2.75) is 32.7 Å². The lowest BCUT2D eigenvalue weighted by atomic mass is 10.0. The van der Waals surface area contributed by atoms with Gasteiger partial charge >= 0.3 is 5.97 Å². The molecule has 0 spiro atoms. The zero-order valence-electron chi connectivity index (χ0n) is 11.7. The van der Waals surface area contributed by atoms with Crippen LogP contribution in [0.5, 0.6) is 0 Å². The number of hydrogen-bond acceptors (Lipinski definition) is 4. The van der Waals surface area contributed by atoms with Crippen molar-refractivity contribution in [3.05, 3.63) is 0 Å². The van der Waals surface area contributed by atoms with Gasteiger partial charge in [0.15, 0.2) is 5.12 Å². The van der Waals surface area contributed by atoms with Gasteiger partial charge in [0.05, 0.1) is 0 Å². The van der Waals surface area contributed by atoms with Crippen LogP contribution in [0, 0.1) is 24.2 Å². The molecule has 1 saturated heterocycles. The van der Waals surface area contributed by atoms with E-state index in [1.165, 1.54) is 11.8 Å². The summed E-state index contributed by atoms with van der Waals surface area (Å²) in [6, 6.07) is -0.800. The molecular weight excluding hydrogens is 278 g/mol. The van der Waals surface area contributed by atoms with Crippen LogP contribution in [0.3, 0.4) is 0 Å². The third kappa shape index (κ3) is 4.27. The molecule has 1 fully saturated rings. The SMILES string of the molecule is C#CCC1C[C@@H](C(=O)O)N(C(=O)C(C)CSC(C)=O)C1. The smallest absolute Gasteiger partial charge is 0.326 e. The summed E-state index contributed by atoms with van der Waals surface area (Å²) in [5, 5.41) is 9.16. The zero-order valence-corrected chi connectivity index (χ0v) is 12.5. The fourth-order valence-corrected chi connectivity index (χ4v) is 2.94. The Kier molecular flexibility index (Phi) is 6.08. The lowest BCUT2D eigenvalue weighted by molar-refractivity contribution is -0.149. The number of hydrogen-bond donors (Lipinski definition) is 1. The van der Waals surface area contributed by atoms with E-state index in [1.54, 1.807) is 6.92 Å². The molecule has 0 aromatic rings. The van der Waals surface area contributed by atoms with Crippen molar-refractivity contribution in [1.29, 1.82) is 0 Å². The Morgan fingerprint density at radius 1 is 1.50 bits per heavy atom. The Morgan fingerprint density at radius 3 is 2.65 bits per heavy atom. The van der Waals surface area contributed by atoms with Gasteiger partial charge in [-0.1, -0.05) is 18.7 Å². The second-order valence-electron chi connectivity index (χ2n) is 5.06. The van der Waals surface area contributed by atoms with Gasteiger partial charge in [0.1, 0.15) is 6.04 Å². The van der Waals surface area contributed by atoms with Crippen molar-refractivity contribution in [1.82, 2.24) is 4.90 Å². The topological polar surface area (TPSA) is 74.7 Å². The second-order valence-corrected chi connectivity index (χ2v) is 6.26. The average molecular weight is 297 g/mol. The Balaban J connectivity index is 2.71. The lowest BCUT2D eigenvalue weighted by Crippen LogP contribution is -2.43. The van der Waals surface area contributed by atoms with Crippen LogP contribution in [0.15, 0.2) is 0 Å². The molecule has 1 N–H and O–H groups in total. The Labute approximate surface area is 123 Å². The number of aliphatic carboxylic acids is 1. The minimum atomic E-state index is -0.996. The summed E-state index contributed by atoms with van der Waals surface area (Å²) in [6.45, 7) is 3.54. The maximum absolute atomic E-state index is 12.3. The number of amides is 1. The molecule has 0 saturated carbocycles. The first-order valence-corrected chi connectivity index (χ1v) is 7.45. The van der Waals surface area contributed by atoms with E-state index in [4.69, 9.17) is 6.42 Å². The number of rotatable bonds is 5. The summed E-state index contributed by atoms with van der Waals surface area (Å²) in [7, 11) is 0. The van der Waals surface area contributed by atoms with E-state index in [1.807, 2.05) is 0 Å². The van der Waals surface area contributed by atoms with E-state index in [-0.39, 0.29) is 22.9 Å². The fourth-order valence-electron chi connectivity index (χ4n) is 2.31. The number of terminal acetylenes is 1. The minimum Gasteiger partial charge on any atom is -0.480 e. The van der Waals surface area contributed by atoms with Crippen molar-refractivity contribution in [3.63, 3.8) is 0 Å². The van der Waals surface area contributed by atoms with Crippen LogP contribution in [0.25, 0.3) is 0 Å². The van der Waals surface area contributed by atoms with Gasteiger partial charge in [0, 0.05) is 31.6 Å². The Morgan fingerprint density at radius 2 is 2.15 bits per heavy atom. The highest BCUT2D eigenvalue weighted by atomic mass is 32.2. The first kappa shape index (κ1) is 16.6. The lowest BCUT2D eigenvalue weighted by Gasteiger charge is -2.24.